The number of fused-ring (bicyclic) bond motifs is 1. The van der Waals surface area contributed by atoms with E-state index in [-0.39, 0.29) is 0 Å². The zero-order valence-electron chi connectivity index (χ0n) is 7.64. The first-order chi connectivity index (χ1) is 6.81. The van der Waals surface area contributed by atoms with E-state index in [2.05, 4.69) is 21.6 Å². The summed E-state index contributed by atoms with van der Waals surface area (Å²) >= 11 is 7.56. The van der Waals surface area contributed by atoms with E-state index < -0.39 is 0 Å². The van der Waals surface area contributed by atoms with Crippen LogP contribution >= 0.6 is 23.4 Å². The highest BCUT2D eigenvalue weighted by Gasteiger charge is 2.05. The summed E-state index contributed by atoms with van der Waals surface area (Å²) in [5.41, 5.74) is 0.741. The van der Waals surface area contributed by atoms with E-state index in [1.165, 1.54) is 0 Å². The maximum Gasteiger partial charge on any atom is 0.178 e. The van der Waals surface area contributed by atoms with Crippen LogP contribution in [0, 0.1) is 0 Å². The molecule has 0 amide bonds. The third-order valence-electron chi connectivity index (χ3n) is 1.82. The van der Waals surface area contributed by atoms with Crippen molar-refractivity contribution in [2.24, 2.45) is 0 Å². The lowest BCUT2D eigenvalue weighted by Crippen LogP contribution is -2.00. The highest BCUT2D eigenvalue weighted by Crippen LogP contribution is 2.08. The molecule has 0 saturated heterocycles. The number of hydrogen-bond donors (Lipinski definition) is 0. The Hall–Kier alpha value is -0.810. The molecule has 2 aromatic heterocycles. The van der Waals surface area contributed by atoms with E-state index in [0.717, 1.165) is 23.6 Å². The fourth-order valence-electron chi connectivity index (χ4n) is 1.16. The predicted molar refractivity (Wildman–Crippen MR) is 57.9 cm³/mol. The summed E-state index contributed by atoms with van der Waals surface area (Å²) in [6.45, 7) is 0. The molecule has 0 aliphatic carbocycles. The topological polar surface area (TPSA) is 43.1 Å². The molecular weight excluding hydrogens is 220 g/mol. The number of thioether (sulfide) groups is 1. The van der Waals surface area contributed by atoms with Gasteiger partial charge in [-0.25, -0.2) is 0 Å². The highest BCUT2D eigenvalue weighted by atomic mass is 35.5. The third-order valence-corrected chi connectivity index (χ3v) is 2.64. The van der Waals surface area contributed by atoms with Gasteiger partial charge >= 0.3 is 0 Å². The van der Waals surface area contributed by atoms with Crippen molar-refractivity contribution in [3.05, 3.63) is 23.1 Å². The van der Waals surface area contributed by atoms with Crippen molar-refractivity contribution in [3.8, 4) is 0 Å². The van der Waals surface area contributed by atoms with E-state index in [0.29, 0.717) is 5.15 Å². The molecule has 2 rings (SSSR count). The molecule has 2 aromatic rings. The van der Waals surface area contributed by atoms with Crippen LogP contribution < -0.4 is 0 Å². The van der Waals surface area contributed by atoms with E-state index in [1.54, 1.807) is 22.3 Å². The van der Waals surface area contributed by atoms with Gasteiger partial charge in [0.25, 0.3) is 0 Å². The molecule has 14 heavy (non-hydrogen) atoms. The van der Waals surface area contributed by atoms with Crippen LogP contribution in [-0.2, 0) is 6.42 Å². The van der Waals surface area contributed by atoms with Gasteiger partial charge in [0, 0.05) is 12.2 Å². The summed E-state index contributed by atoms with van der Waals surface area (Å²) in [6, 6.07) is 3.52. The van der Waals surface area contributed by atoms with Gasteiger partial charge in [0.1, 0.15) is 5.15 Å². The summed E-state index contributed by atoms with van der Waals surface area (Å²) in [6.07, 6.45) is 2.92. The molecule has 0 spiro atoms. The van der Waals surface area contributed by atoms with E-state index in [1.807, 2.05) is 6.07 Å². The van der Waals surface area contributed by atoms with Gasteiger partial charge in [0.05, 0.1) is 0 Å². The van der Waals surface area contributed by atoms with Crippen LogP contribution in [0.5, 0.6) is 0 Å². The molecule has 0 bridgehead atoms. The Morgan fingerprint density at radius 1 is 1.43 bits per heavy atom. The summed E-state index contributed by atoms with van der Waals surface area (Å²) < 4.78 is 1.69. The van der Waals surface area contributed by atoms with Crippen LogP contribution in [0.4, 0.5) is 0 Å². The van der Waals surface area contributed by atoms with Gasteiger partial charge in [-0.1, -0.05) is 11.6 Å². The maximum atomic E-state index is 5.79. The predicted octanol–water partition coefficient (Wildman–Crippen LogP) is 1.68. The second-order valence-corrected chi connectivity index (χ2v) is 4.16. The lowest BCUT2D eigenvalue weighted by molar-refractivity contribution is 0.828. The zero-order valence-corrected chi connectivity index (χ0v) is 9.22. The van der Waals surface area contributed by atoms with Crippen LogP contribution in [-0.4, -0.2) is 31.8 Å². The van der Waals surface area contributed by atoms with Gasteiger partial charge in [-0.15, -0.1) is 10.2 Å². The van der Waals surface area contributed by atoms with Crippen LogP contribution in [0.25, 0.3) is 5.65 Å². The van der Waals surface area contributed by atoms with Gasteiger partial charge in [0.2, 0.25) is 0 Å². The number of aryl methyl sites for hydroxylation is 1. The molecule has 0 aliphatic rings. The van der Waals surface area contributed by atoms with Crippen molar-refractivity contribution in [2.75, 3.05) is 12.0 Å². The van der Waals surface area contributed by atoms with Crippen molar-refractivity contribution in [1.82, 2.24) is 19.8 Å². The fraction of sp³-hybridized carbons (Fsp3) is 0.375. The van der Waals surface area contributed by atoms with Crippen LogP contribution in [0.2, 0.25) is 5.15 Å². The van der Waals surface area contributed by atoms with Crippen molar-refractivity contribution in [1.29, 1.82) is 0 Å². The Labute approximate surface area is 90.7 Å². The first kappa shape index (κ1) is 9.73. The average molecular weight is 229 g/mol. The lowest BCUT2D eigenvalue weighted by atomic mass is 10.4. The Bertz CT molecular complexity index is 442. The first-order valence-electron chi connectivity index (χ1n) is 4.17. The number of halogens is 1. The minimum Gasteiger partial charge on any atom is -0.196 e. The Kier molecular flexibility index (Phi) is 2.88. The summed E-state index contributed by atoms with van der Waals surface area (Å²) in [5, 5.41) is 12.6. The second kappa shape index (κ2) is 4.14. The van der Waals surface area contributed by atoms with E-state index in [4.69, 9.17) is 11.6 Å². The minimum atomic E-state index is 0.461. The maximum absolute atomic E-state index is 5.79. The molecule has 0 fully saturated rings. The first-order valence-corrected chi connectivity index (χ1v) is 5.94. The number of rotatable bonds is 3. The van der Waals surface area contributed by atoms with Crippen molar-refractivity contribution < 1.29 is 0 Å². The van der Waals surface area contributed by atoms with Crippen LogP contribution in [0.3, 0.4) is 0 Å². The Morgan fingerprint density at radius 3 is 3.07 bits per heavy atom. The SMILES string of the molecule is CSCCc1nnc2ccc(Cl)nn12. The molecule has 0 saturated carbocycles. The number of hydrogen-bond acceptors (Lipinski definition) is 4. The fourth-order valence-corrected chi connectivity index (χ4v) is 1.69. The normalized spacial score (nSPS) is 11.0. The van der Waals surface area contributed by atoms with Crippen molar-refractivity contribution >= 4 is 29.0 Å². The number of aromatic nitrogens is 4. The molecule has 0 aromatic carbocycles. The molecule has 2 heterocycles. The average Bonchev–Trinajstić information content (AvgIpc) is 2.57. The van der Waals surface area contributed by atoms with Gasteiger partial charge < -0.3 is 0 Å². The number of nitrogens with zero attached hydrogens (tertiary/aromatic N) is 4. The lowest BCUT2D eigenvalue weighted by Gasteiger charge is -1.97. The van der Waals surface area contributed by atoms with Gasteiger partial charge in [-0.3, -0.25) is 0 Å². The molecule has 0 radical (unpaired) electrons. The van der Waals surface area contributed by atoms with Gasteiger partial charge in [0.15, 0.2) is 11.5 Å². The monoisotopic (exact) mass is 228 g/mol. The van der Waals surface area contributed by atoms with Crippen molar-refractivity contribution in [3.63, 3.8) is 0 Å². The van der Waals surface area contributed by atoms with E-state index in [9.17, 15) is 0 Å². The zero-order chi connectivity index (χ0) is 9.97. The largest absolute Gasteiger partial charge is 0.196 e. The molecule has 6 heteroatoms. The minimum absolute atomic E-state index is 0.461. The molecule has 74 valence electrons. The molecule has 0 atom stereocenters. The van der Waals surface area contributed by atoms with E-state index >= 15 is 0 Å². The molecule has 4 nitrogen and oxygen atoms in total. The summed E-state index contributed by atoms with van der Waals surface area (Å²) in [4.78, 5) is 0. The highest BCUT2D eigenvalue weighted by molar-refractivity contribution is 7.98. The second-order valence-electron chi connectivity index (χ2n) is 2.79. The molecule has 0 unspecified atom stereocenters. The quantitative estimate of drug-likeness (QED) is 0.802. The third kappa shape index (κ3) is 1.83. The standard InChI is InChI=1S/C8H9ClN4S/c1-14-5-4-8-11-10-7-3-2-6(9)12-13(7)8/h2-3H,4-5H2,1H3. The van der Waals surface area contributed by atoms with Crippen LogP contribution in [0.1, 0.15) is 5.82 Å². The molecular formula is C8H9ClN4S. The molecule has 0 aliphatic heterocycles. The smallest absolute Gasteiger partial charge is 0.178 e. The van der Waals surface area contributed by atoms with Crippen LogP contribution in [0.15, 0.2) is 12.1 Å². The summed E-state index contributed by atoms with van der Waals surface area (Å²) in [5.74, 6) is 1.87. The Morgan fingerprint density at radius 2 is 2.29 bits per heavy atom. The van der Waals surface area contributed by atoms with Gasteiger partial charge in [-0.05, 0) is 18.4 Å². The Balaban J connectivity index is 2.40. The summed E-state index contributed by atoms with van der Waals surface area (Å²) in [7, 11) is 0. The van der Waals surface area contributed by atoms with Gasteiger partial charge in [-0.2, -0.15) is 21.4 Å². The molecule has 0 N–H and O–H groups in total. The van der Waals surface area contributed by atoms with Crippen molar-refractivity contribution in [2.45, 2.75) is 6.42 Å².